The first-order valence-corrected chi connectivity index (χ1v) is 10.5. The first-order chi connectivity index (χ1) is 14.4. The van der Waals surface area contributed by atoms with Crippen LogP contribution in [-0.4, -0.2) is 59.5 Å². The Morgan fingerprint density at radius 3 is 1.80 bits per heavy atom. The van der Waals surface area contributed by atoms with E-state index < -0.39 is 36.2 Å². The van der Waals surface area contributed by atoms with Crippen LogP contribution in [0, 0.1) is 0 Å². The molecule has 0 aromatic heterocycles. The topological polar surface area (TPSA) is 162 Å². The van der Waals surface area contributed by atoms with Crippen LogP contribution in [0.15, 0.2) is 0 Å². The fourth-order valence-corrected chi connectivity index (χ4v) is 2.91. The number of carbonyl (C=O) groups excluding carboxylic acids is 3. The first kappa shape index (κ1) is 27.4. The Kier molecular flexibility index (Phi) is 16.8. The van der Waals surface area contributed by atoms with Crippen molar-refractivity contribution in [3.63, 3.8) is 0 Å². The van der Waals surface area contributed by atoms with E-state index in [1.54, 1.807) is 0 Å². The molecule has 0 spiro atoms. The monoisotopic (exact) mass is 429 g/mol. The van der Waals surface area contributed by atoms with Gasteiger partial charge in [-0.1, -0.05) is 51.4 Å². The Bertz CT molecular complexity index is 540. The number of rotatable bonds is 20. The summed E-state index contributed by atoms with van der Waals surface area (Å²) >= 11 is 0. The molecular weight excluding hydrogens is 394 g/mol. The van der Waals surface area contributed by atoms with E-state index in [0.29, 0.717) is 13.0 Å². The molecule has 30 heavy (non-hydrogen) atoms. The van der Waals surface area contributed by atoms with E-state index >= 15 is 0 Å². The van der Waals surface area contributed by atoms with Gasteiger partial charge in [0.1, 0.15) is 6.04 Å². The van der Waals surface area contributed by atoms with E-state index in [2.05, 4.69) is 16.0 Å². The van der Waals surface area contributed by atoms with Crippen molar-refractivity contribution in [1.82, 2.24) is 16.0 Å². The van der Waals surface area contributed by atoms with Gasteiger partial charge >= 0.3 is 11.9 Å². The first-order valence-electron chi connectivity index (χ1n) is 10.5. The Morgan fingerprint density at radius 1 is 0.767 bits per heavy atom. The number of hydrogen-bond acceptors (Lipinski definition) is 5. The van der Waals surface area contributed by atoms with Gasteiger partial charge in [-0.25, -0.2) is 0 Å². The normalized spacial score (nSPS) is 11.3. The smallest absolute Gasteiger partial charge is 0.305 e. The molecule has 5 N–H and O–H groups in total. The minimum absolute atomic E-state index is 0.247. The van der Waals surface area contributed by atoms with Crippen LogP contribution in [0.4, 0.5) is 0 Å². The van der Waals surface area contributed by atoms with Crippen LogP contribution in [0.2, 0.25) is 0 Å². The third kappa shape index (κ3) is 17.4. The predicted octanol–water partition coefficient (Wildman–Crippen LogP) is 1.18. The minimum Gasteiger partial charge on any atom is -0.481 e. The lowest BCUT2D eigenvalue weighted by molar-refractivity contribution is -0.140. The standard InChI is InChI=1S/C20H35N3O7/c24-15-21-14-17(25)23-16(13-19(28)29)20(30)22-12-10-8-6-4-2-1-3-5-7-9-11-18(26)27/h15-16H,1-14H2,(H,21,24)(H,22,30)(H,23,25)(H,26,27)(H,28,29)/t16-/m0/s1. The molecule has 10 nitrogen and oxygen atoms in total. The molecule has 0 aliphatic heterocycles. The van der Waals surface area contributed by atoms with Crippen molar-refractivity contribution in [2.75, 3.05) is 13.1 Å². The fraction of sp³-hybridized carbons (Fsp3) is 0.750. The summed E-state index contributed by atoms with van der Waals surface area (Å²) in [4.78, 5) is 55.1. The second-order valence-electron chi connectivity index (χ2n) is 7.19. The van der Waals surface area contributed by atoms with Crippen molar-refractivity contribution in [1.29, 1.82) is 0 Å². The molecule has 0 radical (unpaired) electrons. The minimum atomic E-state index is -1.21. The van der Waals surface area contributed by atoms with Crippen molar-refractivity contribution in [2.24, 2.45) is 0 Å². The van der Waals surface area contributed by atoms with Gasteiger partial charge in [0.25, 0.3) is 0 Å². The van der Waals surface area contributed by atoms with Gasteiger partial charge in [-0.05, 0) is 12.8 Å². The summed E-state index contributed by atoms with van der Waals surface area (Å²) in [5, 5.41) is 24.5. The zero-order valence-electron chi connectivity index (χ0n) is 17.5. The number of amides is 3. The van der Waals surface area contributed by atoms with E-state index in [1.807, 2.05) is 0 Å². The summed E-state index contributed by atoms with van der Waals surface area (Å²) < 4.78 is 0. The maximum absolute atomic E-state index is 12.1. The van der Waals surface area contributed by atoms with E-state index in [9.17, 15) is 24.0 Å². The highest BCUT2D eigenvalue weighted by molar-refractivity contribution is 5.91. The molecular formula is C20H35N3O7. The van der Waals surface area contributed by atoms with Crippen molar-refractivity contribution >= 4 is 30.2 Å². The highest BCUT2D eigenvalue weighted by Gasteiger charge is 2.23. The molecule has 0 bridgehead atoms. The van der Waals surface area contributed by atoms with Gasteiger partial charge in [-0.15, -0.1) is 0 Å². The average Bonchev–Trinajstić information content (AvgIpc) is 2.68. The second kappa shape index (κ2) is 18.4. The van der Waals surface area contributed by atoms with Gasteiger partial charge in [0.2, 0.25) is 18.2 Å². The van der Waals surface area contributed by atoms with Crippen LogP contribution < -0.4 is 16.0 Å². The van der Waals surface area contributed by atoms with Gasteiger partial charge in [0, 0.05) is 13.0 Å². The lowest BCUT2D eigenvalue weighted by atomic mass is 10.1. The number of hydrogen-bond donors (Lipinski definition) is 5. The van der Waals surface area contributed by atoms with Gasteiger partial charge in [0.15, 0.2) is 0 Å². The van der Waals surface area contributed by atoms with Crippen molar-refractivity contribution in [3.05, 3.63) is 0 Å². The maximum atomic E-state index is 12.1. The molecule has 0 aliphatic rings. The largest absolute Gasteiger partial charge is 0.481 e. The van der Waals surface area contributed by atoms with Crippen LogP contribution in [0.5, 0.6) is 0 Å². The zero-order valence-corrected chi connectivity index (χ0v) is 17.5. The highest BCUT2D eigenvalue weighted by Crippen LogP contribution is 2.11. The summed E-state index contributed by atoms with van der Waals surface area (Å²) in [5.74, 6) is -3.13. The quantitative estimate of drug-likeness (QED) is 0.143. The Morgan fingerprint density at radius 2 is 1.30 bits per heavy atom. The van der Waals surface area contributed by atoms with Crippen molar-refractivity contribution in [3.8, 4) is 0 Å². The lowest BCUT2D eigenvalue weighted by Crippen LogP contribution is -2.50. The molecule has 10 heteroatoms. The number of carboxylic acid groups (broad SMARTS) is 2. The number of nitrogens with one attached hydrogen (secondary N) is 3. The molecule has 0 unspecified atom stereocenters. The van der Waals surface area contributed by atoms with Crippen LogP contribution in [0.1, 0.15) is 77.0 Å². The van der Waals surface area contributed by atoms with Crippen molar-refractivity contribution in [2.45, 2.75) is 83.1 Å². The summed E-state index contributed by atoms with van der Waals surface area (Å²) in [6, 6.07) is -1.18. The highest BCUT2D eigenvalue weighted by atomic mass is 16.4. The Labute approximate surface area is 177 Å². The van der Waals surface area contributed by atoms with Gasteiger partial charge in [0.05, 0.1) is 13.0 Å². The van der Waals surface area contributed by atoms with Crippen LogP contribution in [0.25, 0.3) is 0 Å². The Balaban J connectivity index is 3.76. The molecule has 0 saturated heterocycles. The van der Waals surface area contributed by atoms with E-state index in [-0.39, 0.29) is 13.0 Å². The number of carboxylic acids is 2. The van der Waals surface area contributed by atoms with Crippen LogP contribution >= 0.6 is 0 Å². The summed E-state index contributed by atoms with van der Waals surface area (Å²) in [7, 11) is 0. The lowest BCUT2D eigenvalue weighted by Gasteiger charge is -2.16. The second-order valence-corrected chi connectivity index (χ2v) is 7.19. The molecule has 0 fully saturated rings. The van der Waals surface area contributed by atoms with Crippen molar-refractivity contribution < 1.29 is 34.2 Å². The Hall–Kier alpha value is -2.65. The number of unbranched alkanes of at least 4 members (excludes halogenated alkanes) is 9. The van der Waals surface area contributed by atoms with E-state index in [4.69, 9.17) is 10.2 Å². The van der Waals surface area contributed by atoms with Gasteiger partial charge in [-0.2, -0.15) is 0 Å². The predicted molar refractivity (Wildman–Crippen MR) is 110 cm³/mol. The van der Waals surface area contributed by atoms with Crippen LogP contribution in [-0.2, 0) is 24.0 Å². The third-order valence-electron chi connectivity index (χ3n) is 4.49. The zero-order chi connectivity index (χ0) is 22.6. The summed E-state index contributed by atoms with van der Waals surface area (Å²) in [5.41, 5.74) is 0. The molecule has 3 amide bonds. The molecule has 172 valence electrons. The SMILES string of the molecule is O=CNCC(=O)N[C@@H](CC(=O)O)C(=O)NCCCCCCCCCCCCC(=O)O. The van der Waals surface area contributed by atoms with E-state index in [0.717, 1.165) is 64.2 Å². The van der Waals surface area contributed by atoms with Gasteiger partial charge in [-0.3, -0.25) is 24.0 Å². The number of aliphatic carboxylic acids is 2. The molecule has 1 atom stereocenters. The number of carbonyl (C=O) groups is 5. The summed E-state index contributed by atoms with van der Waals surface area (Å²) in [6.07, 6.45) is 10.1. The van der Waals surface area contributed by atoms with Gasteiger partial charge < -0.3 is 26.2 Å². The fourth-order valence-electron chi connectivity index (χ4n) is 2.91. The average molecular weight is 430 g/mol. The van der Waals surface area contributed by atoms with Crippen LogP contribution in [0.3, 0.4) is 0 Å². The molecule has 0 rings (SSSR count). The molecule has 0 aliphatic carbocycles. The molecule has 0 aromatic rings. The molecule has 0 saturated carbocycles. The van der Waals surface area contributed by atoms with E-state index in [1.165, 1.54) is 0 Å². The third-order valence-corrected chi connectivity index (χ3v) is 4.49. The molecule has 0 heterocycles. The maximum Gasteiger partial charge on any atom is 0.305 e. The molecule has 0 aromatic carbocycles. The summed E-state index contributed by atoms with van der Waals surface area (Å²) in [6.45, 7) is 0.0796.